The molecule has 0 bridgehead atoms. The first-order valence-electron chi connectivity index (χ1n) is 11.6. The van der Waals surface area contributed by atoms with Crippen LogP contribution in [0.25, 0.3) is 0 Å². The summed E-state index contributed by atoms with van der Waals surface area (Å²) in [6, 6.07) is 4.49. The predicted molar refractivity (Wildman–Crippen MR) is 108 cm³/mol. The van der Waals surface area contributed by atoms with E-state index in [0.29, 0.717) is 5.92 Å². The van der Waals surface area contributed by atoms with Gasteiger partial charge in [0.05, 0.1) is 0 Å². The highest BCUT2D eigenvalue weighted by Gasteiger charge is 2.30. The Morgan fingerprint density at radius 1 is 0.630 bits per heavy atom. The average Bonchev–Trinajstić information content (AvgIpc) is 3.24. The van der Waals surface area contributed by atoms with Gasteiger partial charge in [0.25, 0.3) is 0 Å². The van der Waals surface area contributed by atoms with E-state index in [1.54, 1.807) is 6.07 Å². The van der Waals surface area contributed by atoms with Crippen molar-refractivity contribution in [3.05, 3.63) is 35.4 Å². The van der Waals surface area contributed by atoms with E-state index in [1.165, 1.54) is 89.2 Å². The Bertz CT molecular complexity index is 588. The monoisotopic (exact) mass is 374 g/mol. The second-order valence-electron chi connectivity index (χ2n) is 9.79. The highest BCUT2D eigenvalue weighted by atomic mass is 19.2. The number of hydrogen-bond acceptors (Lipinski definition) is 0. The minimum Gasteiger partial charge on any atom is -0.204 e. The van der Waals surface area contributed by atoms with Gasteiger partial charge in [0, 0.05) is 0 Å². The van der Waals surface area contributed by atoms with Gasteiger partial charge >= 0.3 is 0 Å². The summed E-state index contributed by atoms with van der Waals surface area (Å²) in [4.78, 5) is 0. The molecule has 1 aromatic rings. The van der Waals surface area contributed by atoms with Crippen LogP contribution >= 0.6 is 0 Å². The molecule has 3 fully saturated rings. The van der Waals surface area contributed by atoms with Crippen molar-refractivity contribution < 1.29 is 8.78 Å². The zero-order chi connectivity index (χ0) is 18.6. The maximum atomic E-state index is 13.5. The van der Waals surface area contributed by atoms with Crippen molar-refractivity contribution in [2.45, 2.75) is 95.8 Å². The summed E-state index contributed by atoms with van der Waals surface area (Å²) in [5, 5.41) is 0. The van der Waals surface area contributed by atoms with Gasteiger partial charge in [-0.2, -0.15) is 0 Å². The van der Waals surface area contributed by atoms with E-state index in [4.69, 9.17) is 0 Å². The van der Waals surface area contributed by atoms with Crippen LogP contribution in [0.1, 0.15) is 101 Å². The molecule has 0 N–H and O–H groups in total. The summed E-state index contributed by atoms with van der Waals surface area (Å²) >= 11 is 0. The Kier molecular flexibility index (Phi) is 6.50. The van der Waals surface area contributed by atoms with E-state index in [2.05, 4.69) is 0 Å². The molecule has 0 aromatic heterocycles. The molecule has 0 nitrogen and oxygen atoms in total. The number of rotatable bonds is 5. The molecule has 0 saturated heterocycles. The van der Waals surface area contributed by atoms with Crippen LogP contribution in [0.2, 0.25) is 0 Å². The van der Waals surface area contributed by atoms with Gasteiger partial charge in [-0.05, 0) is 85.8 Å². The van der Waals surface area contributed by atoms with Crippen molar-refractivity contribution in [3.63, 3.8) is 0 Å². The van der Waals surface area contributed by atoms with Crippen molar-refractivity contribution in [1.82, 2.24) is 0 Å². The molecule has 3 saturated carbocycles. The van der Waals surface area contributed by atoms with Crippen molar-refractivity contribution >= 4 is 0 Å². The molecule has 3 aliphatic rings. The lowest BCUT2D eigenvalue weighted by Crippen LogP contribution is -2.21. The standard InChI is InChI=1S/C25H36F2/c26-24-16-15-23(17-25(24)27)22-13-9-19(10-14-22)6-5-18-7-11-21(12-8-18)20-3-1-2-4-20/h15-22H,1-14H2/t18-,19?,21-,22?. The highest BCUT2D eigenvalue weighted by Crippen LogP contribution is 2.43. The maximum Gasteiger partial charge on any atom is 0.159 e. The van der Waals surface area contributed by atoms with Gasteiger partial charge in [0.2, 0.25) is 0 Å². The molecule has 0 unspecified atom stereocenters. The largest absolute Gasteiger partial charge is 0.204 e. The summed E-state index contributed by atoms with van der Waals surface area (Å²) in [6.45, 7) is 0. The van der Waals surface area contributed by atoms with Crippen LogP contribution in [-0.4, -0.2) is 0 Å². The summed E-state index contributed by atoms with van der Waals surface area (Å²) < 4.78 is 26.6. The maximum absolute atomic E-state index is 13.5. The first-order valence-corrected chi connectivity index (χ1v) is 11.6. The average molecular weight is 375 g/mol. The number of benzene rings is 1. The summed E-state index contributed by atoms with van der Waals surface area (Å²) in [6.07, 6.45) is 19.6. The summed E-state index contributed by atoms with van der Waals surface area (Å²) in [5.41, 5.74) is 0.998. The van der Waals surface area contributed by atoms with Crippen molar-refractivity contribution in [3.8, 4) is 0 Å². The van der Waals surface area contributed by atoms with Gasteiger partial charge in [-0.15, -0.1) is 0 Å². The van der Waals surface area contributed by atoms with E-state index in [0.717, 1.165) is 42.1 Å². The van der Waals surface area contributed by atoms with E-state index < -0.39 is 11.6 Å². The van der Waals surface area contributed by atoms with Gasteiger partial charge in [-0.1, -0.05) is 57.4 Å². The number of hydrogen-bond donors (Lipinski definition) is 0. The van der Waals surface area contributed by atoms with Crippen LogP contribution in [0.15, 0.2) is 18.2 Å². The Hall–Kier alpha value is -0.920. The number of halogens is 2. The zero-order valence-electron chi connectivity index (χ0n) is 16.8. The molecule has 0 radical (unpaired) electrons. The van der Waals surface area contributed by atoms with Crippen LogP contribution < -0.4 is 0 Å². The lowest BCUT2D eigenvalue weighted by Gasteiger charge is -2.34. The molecule has 0 heterocycles. The predicted octanol–water partition coefficient (Wildman–Crippen LogP) is 8.02. The van der Waals surface area contributed by atoms with Crippen LogP contribution in [0.5, 0.6) is 0 Å². The Labute approximate surface area is 164 Å². The second-order valence-corrected chi connectivity index (χ2v) is 9.79. The van der Waals surface area contributed by atoms with Crippen molar-refractivity contribution in [1.29, 1.82) is 0 Å². The molecular weight excluding hydrogens is 338 g/mol. The lowest BCUT2D eigenvalue weighted by atomic mass is 9.72. The van der Waals surface area contributed by atoms with E-state index in [-0.39, 0.29) is 0 Å². The van der Waals surface area contributed by atoms with Crippen LogP contribution in [0, 0.1) is 35.3 Å². The molecule has 150 valence electrons. The van der Waals surface area contributed by atoms with Crippen LogP contribution in [0.3, 0.4) is 0 Å². The molecule has 4 rings (SSSR count). The lowest BCUT2D eigenvalue weighted by molar-refractivity contribution is 0.187. The molecule has 0 amide bonds. The molecular formula is C25H36F2. The molecule has 0 atom stereocenters. The summed E-state index contributed by atoms with van der Waals surface area (Å²) in [5.74, 6) is 2.97. The molecule has 2 heteroatoms. The van der Waals surface area contributed by atoms with Crippen LogP contribution in [0.4, 0.5) is 8.78 Å². The van der Waals surface area contributed by atoms with Gasteiger partial charge in [-0.3, -0.25) is 0 Å². The van der Waals surface area contributed by atoms with E-state index in [1.807, 2.05) is 0 Å². The topological polar surface area (TPSA) is 0 Å². The van der Waals surface area contributed by atoms with E-state index in [9.17, 15) is 8.78 Å². The molecule has 0 spiro atoms. The fourth-order valence-corrected chi connectivity index (χ4v) is 6.40. The van der Waals surface area contributed by atoms with Crippen molar-refractivity contribution in [2.75, 3.05) is 0 Å². The second kappa shape index (κ2) is 9.05. The zero-order valence-corrected chi connectivity index (χ0v) is 16.8. The van der Waals surface area contributed by atoms with Gasteiger partial charge < -0.3 is 0 Å². The van der Waals surface area contributed by atoms with Crippen LogP contribution in [-0.2, 0) is 0 Å². The molecule has 0 aliphatic heterocycles. The smallest absolute Gasteiger partial charge is 0.159 e. The Morgan fingerprint density at radius 3 is 1.78 bits per heavy atom. The molecule has 27 heavy (non-hydrogen) atoms. The Morgan fingerprint density at radius 2 is 1.19 bits per heavy atom. The van der Waals surface area contributed by atoms with Gasteiger partial charge in [0.1, 0.15) is 0 Å². The third-order valence-electron chi connectivity index (χ3n) is 8.20. The molecule has 1 aromatic carbocycles. The fraction of sp³-hybridized carbons (Fsp3) is 0.760. The first-order chi connectivity index (χ1) is 13.2. The third-order valence-corrected chi connectivity index (χ3v) is 8.20. The van der Waals surface area contributed by atoms with Gasteiger partial charge in [-0.25, -0.2) is 8.78 Å². The highest BCUT2D eigenvalue weighted by molar-refractivity contribution is 5.22. The quantitative estimate of drug-likeness (QED) is 0.489. The van der Waals surface area contributed by atoms with E-state index >= 15 is 0 Å². The fourth-order valence-electron chi connectivity index (χ4n) is 6.40. The minimum atomic E-state index is -0.727. The third kappa shape index (κ3) is 4.93. The Balaban J connectivity index is 1.16. The minimum absolute atomic E-state index is 0.429. The molecule has 3 aliphatic carbocycles. The normalized spacial score (nSPS) is 32.7. The van der Waals surface area contributed by atoms with Gasteiger partial charge in [0.15, 0.2) is 11.6 Å². The van der Waals surface area contributed by atoms with Crippen molar-refractivity contribution in [2.24, 2.45) is 23.7 Å². The first kappa shape index (κ1) is 19.4. The SMILES string of the molecule is Fc1ccc(C2CCC(CC[C@H]3CC[C@H](C4CCCC4)CC3)CC2)cc1F. The summed E-state index contributed by atoms with van der Waals surface area (Å²) in [7, 11) is 0.